The van der Waals surface area contributed by atoms with E-state index in [0.717, 1.165) is 16.3 Å². The number of carboxylic acid groups (broad SMARTS) is 1. The third kappa shape index (κ3) is 9.08. The van der Waals surface area contributed by atoms with Crippen LogP contribution in [0.25, 0.3) is 10.8 Å². The summed E-state index contributed by atoms with van der Waals surface area (Å²) in [6.45, 7) is 7.21. The van der Waals surface area contributed by atoms with Crippen molar-refractivity contribution in [2.45, 2.75) is 65.1 Å². The van der Waals surface area contributed by atoms with E-state index >= 15 is 0 Å². The number of nitrogens with one attached hydrogen (secondary N) is 3. The minimum atomic E-state index is -1.36. The third-order valence-corrected chi connectivity index (χ3v) is 6.64. The monoisotopic (exact) mass is 540 g/mol. The van der Waals surface area contributed by atoms with E-state index in [4.69, 9.17) is 5.11 Å². The van der Waals surface area contributed by atoms with Crippen LogP contribution in [0.2, 0.25) is 0 Å². The molecule has 212 valence electrons. The van der Waals surface area contributed by atoms with Gasteiger partial charge < -0.3 is 26.0 Å². The first-order chi connectivity index (χ1) is 18.3. The Kier molecular flexibility index (Phi) is 11.4. The maximum atomic E-state index is 13.3. The Bertz CT molecular complexity index is 1200. The SMILES string of the molecule is CC[C@H](C)C(NC(=O)[C@H](CC(C)C)NC(=O)O)C(=O)C(=O)N[C@@H](Cc1ccc2ccccc2c1)C(=O)N(C)C. The van der Waals surface area contributed by atoms with Crippen LogP contribution >= 0.6 is 0 Å². The molecule has 1 unspecified atom stereocenters. The zero-order valence-electron chi connectivity index (χ0n) is 23.5. The maximum absolute atomic E-state index is 13.3. The van der Waals surface area contributed by atoms with Gasteiger partial charge in [-0.15, -0.1) is 0 Å². The van der Waals surface area contributed by atoms with Crippen LogP contribution in [-0.2, 0) is 25.6 Å². The number of rotatable bonds is 13. The maximum Gasteiger partial charge on any atom is 0.405 e. The van der Waals surface area contributed by atoms with E-state index in [0.29, 0.717) is 6.42 Å². The van der Waals surface area contributed by atoms with E-state index < -0.39 is 47.7 Å². The van der Waals surface area contributed by atoms with Crippen LogP contribution in [0.5, 0.6) is 0 Å². The number of likely N-dealkylation sites (N-methyl/N-ethyl adjacent to an activating group) is 1. The molecular formula is C29H40N4O6. The molecule has 0 fully saturated rings. The highest BCUT2D eigenvalue weighted by Crippen LogP contribution is 2.17. The summed E-state index contributed by atoms with van der Waals surface area (Å²) in [5.41, 5.74) is 0.810. The molecule has 4 N–H and O–H groups in total. The van der Waals surface area contributed by atoms with E-state index in [1.165, 1.54) is 4.90 Å². The van der Waals surface area contributed by atoms with Gasteiger partial charge in [-0.05, 0) is 34.6 Å². The van der Waals surface area contributed by atoms with Gasteiger partial charge in [-0.2, -0.15) is 0 Å². The number of carbonyl (C=O) groups excluding carboxylic acids is 4. The van der Waals surface area contributed by atoms with Crippen molar-refractivity contribution >= 4 is 40.4 Å². The lowest BCUT2D eigenvalue weighted by Crippen LogP contribution is -2.57. The topological polar surface area (TPSA) is 145 Å². The van der Waals surface area contributed by atoms with Gasteiger partial charge in [0.05, 0.1) is 6.04 Å². The van der Waals surface area contributed by atoms with Gasteiger partial charge in [-0.3, -0.25) is 19.2 Å². The van der Waals surface area contributed by atoms with E-state index in [2.05, 4.69) is 16.0 Å². The second kappa shape index (κ2) is 14.3. The van der Waals surface area contributed by atoms with Crippen molar-refractivity contribution in [2.75, 3.05) is 14.1 Å². The zero-order chi connectivity index (χ0) is 29.3. The fraction of sp³-hybridized carbons (Fsp3) is 0.483. The first-order valence-corrected chi connectivity index (χ1v) is 13.2. The molecule has 0 aliphatic rings. The van der Waals surface area contributed by atoms with Crippen LogP contribution in [0, 0.1) is 11.8 Å². The Morgan fingerprint density at radius 2 is 1.51 bits per heavy atom. The van der Waals surface area contributed by atoms with Gasteiger partial charge in [0.25, 0.3) is 5.91 Å². The lowest BCUT2D eigenvalue weighted by Gasteiger charge is -2.27. The van der Waals surface area contributed by atoms with Gasteiger partial charge in [0.1, 0.15) is 12.1 Å². The highest BCUT2D eigenvalue weighted by atomic mass is 16.4. The predicted octanol–water partition coefficient (Wildman–Crippen LogP) is 2.74. The number of nitrogens with zero attached hydrogens (tertiary/aromatic N) is 1. The number of carbonyl (C=O) groups is 5. The van der Waals surface area contributed by atoms with Crippen molar-refractivity contribution in [3.05, 3.63) is 48.0 Å². The number of Topliss-reactive ketones (excluding diaryl/α,β-unsaturated/α-hetero) is 1. The molecule has 0 saturated heterocycles. The average Bonchev–Trinajstić information content (AvgIpc) is 2.88. The summed E-state index contributed by atoms with van der Waals surface area (Å²) in [5, 5.41) is 18.5. The van der Waals surface area contributed by atoms with Crippen LogP contribution in [0.15, 0.2) is 42.5 Å². The number of ketones is 1. The highest BCUT2D eigenvalue weighted by molar-refractivity contribution is 6.39. The Hall–Kier alpha value is -3.95. The quantitative estimate of drug-likeness (QED) is 0.288. The standard InChI is InChI=1S/C29H40N4O6/c1-7-18(4)24(32-26(35)22(14-17(2)3)31-29(38)39)25(34)27(36)30-23(28(37)33(5)6)16-19-12-13-20-10-8-9-11-21(20)15-19/h8-13,15,17-18,22-24,31H,7,14,16H2,1-6H3,(H,30,36)(H,32,35)(H,38,39)/t18-,22-,23-,24?/m0/s1. The van der Waals surface area contributed by atoms with Gasteiger partial charge in [0, 0.05) is 20.5 Å². The normalized spacial score (nSPS) is 14.1. The van der Waals surface area contributed by atoms with Gasteiger partial charge in [-0.1, -0.05) is 76.6 Å². The Morgan fingerprint density at radius 3 is 2.08 bits per heavy atom. The molecule has 0 heterocycles. The minimum absolute atomic E-state index is 0.00144. The van der Waals surface area contributed by atoms with Crippen LogP contribution in [0.3, 0.4) is 0 Å². The molecule has 4 amide bonds. The summed E-state index contributed by atoms with van der Waals surface area (Å²) in [6.07, 6.45) is -0.502. The molecule has 39 heavy (non-hydrogen) atoms. The molecule has 0 bridgehead atoms. The van der Waals surface area contributed by atoms with E-state index in [1.807, 2.05) is 63.2 Å². The van der Waals surface area contributed by atoms with Crippen LogP contribution in [-0.4, -0.2) is 71.8 Å². The summed E-state index contributed by atoms with van der Waals surface area (Å²) in [4.78, 5) is 65.0. The molecule has 0 saturated carbocycles. The van der Waals surface area contributed by atoms with E-state index in [-0.39, 0.29) is 24.7 Å². The molecule has 4 atom stereocenters. The predicted molar refractivity (Wildman–Crippen MR) is 149 cm³/mol. The number of hydrogen-bond acceptors (Lipinski definition) is 5. The third-order valence-electron chi connectivity index (χ3n) is 6.64. The van der Waals surface area contributed by atoms with Crippen molar-refractivity contribution < 1.29 is 29.1 Å². The van der Waals surface area contributed by atoms with Gasteiger partial charge >= 0.3 is 6.09 Å². The lowest BCUT2D eigenvalue weighted by atomic mass is 9.93. The number of benzene rings is 2. The second-order valence-corrected chi connectivity index (χ2v) is 10.5. The Labute approximate surface area is 229 Å². The molecule has 0 aliphatic carbocycles. The Morgan fingerprint density at radius 1 is 0.872 bits per heavy atom. The van der Waals surface area contributed by atoms with Crippen molar-refractivity contribution in [3.63, 3.8) is 0 Å². The van der Waals surface area contributed by atoms with Crippen molar-refractivity contribution in [1.29, 1.82) is 0 Å². The van der Waals surface area contributed by atoms with Gasteiger partial charge in [-0.25, -0.2) is 4.79 Å². The molecule has 0 aromatic heterocycles. The van der Waals surface area contributed by atoms with Gasteiger partial charge in [0.2, 0.25) is 17.6 Å². The molecule has 10 heteroatoms. The van der Waals surface area contributed by atoms with Crippen LogP contribution in [0.4, 0.5) is 4.79 Å². The lowest BCUT2D eigenvalue weighted by molar-refractivity contribution is -0.143. The molecule has 0 spiro atoms. The first-order valence-electron chi connectivity index (χ1n) is 13.2. The molecule has 2 rings (SSSR count). The summed E-state index contributed by atoms with van der Waals surface area (Å²) in [7, 11) is 3.13. The van der Waals surface area contributed by atoms with Crippen LogP contribution in [0.1, 0.15) is 46.1 Å². The summed E-state index contributed by atoms with van der Waals surface area (Å²) in [6, 6.07) is 10.2. The van der Waals surface area contributed by atoms with Gasteiger partial charge in [0.15, 0.2) is 0 Å². The number of amides is 4. The van der Waals surface area contributed by atoms with E-state index in [1.54, 1.807) is 21.0 Å². The summed E-state index contributed by atoms with van der Waals surface area (Å²) < 4.78 is 0. The molecular weight excluding hydrogens is 500 g/mol. The zero-order valence-corrected chi connectivity index (χ0v) is 23.5. The second-order valence-electron chi connectivity index (χ2n) is 10.5. The number of fused-ring (bicyclic) bond motifs is 1. The molecule has 0 radical (unpaired) electrons. The summed E-state index contributed by atoms with van der Waals surface area (Å²) in [5.74, 6) is -3.37. The molecule has 2 aromatic carbocycles. The smallest absolute Gasteiger partial charge is 0.405 e. The van der Waals surface area contributed by atoms with Crippen molar-refractivity contribution in [2.24, 2.45) is 11.8 Å². The molecule has 0 aliphatic heterocycles. The number of hydrogen-bond donors (Lipinski definition) is 4. The van der Waals surface area contributed by atoms with E-state index in [9.17, 15) is 24.0 Å². The average molecular weight is 541 g/mol. The molecule has 10 nitrogen and oxygen atoms in total. The van der Waals surface area contributed by atoms with Crippen LogP contribution < -0.4 is 16.0 Å². The molecule has 2 aromatic rings. The largest absolute Gasteiger partial charge is 0.465 e. The fourth-order valence-electron chi connectivity index (χ4n) is 4.29. The highest BCUT2D eigenvalue weighted by Gasteiger charge is 2.35. The summed E-state index contributed by atoms with van der Waals surface area (Å²) >= 11 is 0. The first kappa shape index (κ1) is 31.3. The Balaban J connectivity index is 2.26. The fourth-order valence-corrected chi connectivity index (χ4v) is 4.29. The van der Waals surface area contributed by atoms with Crippen molar-refractivity contribution in [1.82, 2.24) is 20.9 Å². The minimum Gasteiger partial charge on any atom is -0.465 e. The van der Waals surface area contributed by atoms with Crippen molar-refractivity contribution in [3.8, 4) is 0 Å².